The van der Waals surface area contributed by atoms with Gasteiger partial charge < -0.3 is 5.32 Å². The number of nitrogens with zero attached hydrogens (tertiary/aromatic N) is 1. The molecule has 22 heavy (non-hydrogen) atoms. The number of amides is 1. The molecule has 0 radical (unpaired) electrons. The number of nitro groups is 1. The summed E-state index contributed by atoms with van der Waals surface area (Å²) in [5, 5.41) is 14.6. The third-order valence-electron chi connectivity index (χ3n) is 3.12. The molecular formula is C15H12Cl2N2O3. The fraction of sp³-hybridized carbons (Fsp3) is 0.133. The predicted octanol–water partition coefficient (Wildman–Crippen LogP) is 4.39. The van der Waals surface area contributed by atoms with Gasteiger partial charge in [0.2, 0.25) is 0 Å². The van der Waals surface area contributed by atoms with Crippen LogP contribution in [0.2, 0.25) is 10.0 Å². The maximum absolute atomic E-state index is 12.2. The van der Waals surface area contributed by atoms with Gasteiger partial charge in [-0.15, -0.1) is 0 Å². The first-order chi connectivity index (χ1) is 10.4. The summed E-state index contributed by atoms with van der Waals surface area (Å²) in [5.41, 5.74) is 0.442. The topological polar surface area (TPSA) is 72.2 Å². The van der Waals surface area contributed by atoms with Crippen LogP contribution in [0, 0.1) is 10.1 Å². The summed E-state index contributed by atoms with van der Waals surface area (Å²) >= 11 is 11.9. The maximum atomic E-state index is 12.2. The van der Waals surface area contributed by atoms with Gasteiger partial charge in [0.25, 0.3) is 11.6 Å². The van der Waals surface area contributed by atoms with Crippen LogP contribution < -0.4 is 5.32 Å². The van der Waals surface area contributed by atoms with Crippen molar-refractivity contribution in [2.24, 2.45) is 0 Å². The summed E-state index contributed by atoms with van der Waals surface area (Å²) in [7, 11) is 0. The summed E-state index contributed by atoms with van der Waals surface area (Å²) < 4.78 is 0. The first-order valence-electron chi connectivity index (χ1n) is 6.39. The van der Waals surface area contributed by atoms with Gasteiger partial charge in [0.1, 0.15) is 5.56 Å². The molecule has 0 heterocycles. The molecule has 0 aliphatic heterocycles. The number of nitrogens with one attached hydrogen (secondary N) is 1. The van der Waals surface area contributed by atoms with Gasteiger partial charge in [0.15, 0.2) is 0 Å². The number of halogens is 2. The normalized spacial score (nSPS) is 11.8. The van der Waals surface area contributed by atoms with Crippen LogP contribution in [0.15, 0.2) is 42.5 Å². The molecule has 2 rings (SSSR count). The van der Waals surface area contributed by atoms with Gasteiger partial charge in [-0.3, -0.25) is 14.9 Å². The molecule has 5 nitrogen and oxygen atoms in total. The Bertz CT molecular complexity index is 734. The van der Waals surface area contributed by atoms with Crippen LogP contribution in [0.5, 0.6) is 0 Å². The third-order valence-corrected chi connectivity index (χ3v) is 3.68. The average Bonchev–Trinajstić information content (AvgIpc) is 2.46. The van der Waals surface area contributed by atoms with Crippen molar-refractivity contribution in [3.8, 4) is 0 Å². The second-order valence-corrected chi connectivity index (χ2v) is 5.48. The molecule has 7 heteroatoms. The molecule has 2 aromatic rings. The zero-order chi connectivity index (χ0) is 16.3. The van der Waals surface area contributed by atoms with Crippen molar-refractivity contribution >= 4 is 34.8 Å². The van der Waals surface area contributed by atoms with E-state index in [0.29, 0.717) is 15.6 Å². The Balaban J connectivity index is 2.23. The van der Waals surface area contributed by atoms with Gasteiger partial charge in [0.05, 0.1) is 11.0 Å². The molecule has 0 saturated heterocycles. The van der Waals surface area contributed by atoms with E-state index < -0.39 is 16.9 Å². The van der Waals surface area contributed by atoms with Gasteiger partial charge in [-0.1, -0.05) is 41.4 Å². The SMILES string of the molecule is C[C@@H](NC(=O)c1ccccc1[N+](=O)[O-])c1ccc(Cl)cc1Cl. The Labute approximate surface area is 137 Å². The molecule has 0 bridgehead atoms. The minimum absolute atomic E-state index is 0.00411. The summed E-state index contributed by atoms with van der Waals surface area (Å²) in [5.74, 6) is -0.536. The standard InChI is InChI=1S/C15H12Cl2N2O3/c1-9(11-7-6-10(16)8-13(11)17)18-15(20)12-4-2-3-5-14(12)19(21)22/h2-9H,1H3,(H,18,20)/t9-/m1/s1. The first kappa shape index (κ1) is 16.3. The number of carbonyl (C=O) groups excluding carboxylic acids is 1. The highest BCUT2D eigenvalue weighted by Gasteiger charge is 2.21. The molecule has 0 aliphatic carbocycles. The summed E-state index contributed by atoms with van der Waals surface area (Å²) in [6.07, 6.45) is 0. The highest BCUT2D eigenvalue weighted by molar-refractivity contribution is 6.35. The third kappa shape index (κ3) is 3.55. The Morgan fingerprint density at radius 3 is 2.55 bits per heavy atom. The first-order valence-corrected chi connectivity index (χ1v) is 7.15. The van der Waals surface area contributed by atoms with Gasteiger partial charge in [-0.2, -0.15) is 0 Å². The number of carbonyl (C=O) groups is 1. The number of rotatable bonds is 4. The molecule has 0 spiro atoms. The van der Waals surface area contributed by atoms with E-state index in [0.717, 1.165) is 0 Å². The van der Waals surface area contributed by atoms with Crippen LogP contribution in [0.1, 0.15) is 28.9 Å². The second kappa shape index (κ2) is 6.77. The Hall–Kier alpha value is -2.11. The molecule has 0 saturated carbocycles. The maximum Gasteiger partial charge on any atom is 0.282 e. The minimum Gasteiger partial charge on any atom is -0.345 e. The van der Waals surface area contributed by atoms with Gasteiger partial charge in [-0.25, -0.2) is 0 Å². The number of nitro benzene ring substituents is 1. The van der Waals surface area contributed by atoms with E-state index in [4.69, 9.17) is 23.2 Å². The van der Waals surface area contributed by atoms with Crippen molar-refractivity contribution in [1.82, 2.24) is 5.32 Å². The van der Waals surface area contributed by atoms with Crippen LogP contribution in [0.4, 0.5) is 5.69 Å². The molecule has 114 valence electrons. The van der Waals surface area contributed by atoms with E-state index in [1.54, 1.807) is 31.2 Å². The molecule has 0 aromatic heterocycles. The minimum atomic E-state index is -0.588. The number of benzene rings is 2. The number of hydrogen-bond donors (Lipinski definition) is 1. The van der Waals surface area contributed by atoms with Crippen LogP contribution in [0.25, 0.3) is 0 Å². The van der Waals surface area contributed by atoms with E-state index in [9.17, 15) is 14.9 Å². The van der Waals surface area contributed by atoms with Crippen molar-refractivity contribution in [3.05, 3.63) is 73.8 Å². The zero-order valence-electron chi connectivity index (χ0n) is 11.5. The van der Waals surface area contributed by atoms with E-state index >= 15 is 0 Å². The van der Waals surface area contributed by atoms with Crippen molar-refractivity contribution in [3.63, 3.8) is 0 Å². The molecule has 0 aliphatic rings. The largest absolute Gasteiger partial charge is 0.345 e. The highest BCUT2D eigenvalue weighted by Crippen LogP contribution is 2.27. The van der Waals surface area contributed by atoms with Crippen molar-refractivity contribution in [1.29, 1.82) is 0 Å². The fourth-order valence-electron chi connectivity index (χ4n) is 2.03. The van der Waals surface area contributed by atoms with Crippen LogP contribution in [-0.4, -0.2) is 10.8 Å². The predicted molar refractivity (Wildman–Crippen MR) is 85.4 cm³/mol. The quantitative estimate of drug-likeness (QED) is 0.663. The lowest BCUT2D eigenvalue weighted by molar-refractivity contribution is -0.385. The number of hydrogen-bond acceptors (Lipinski definition) is 3. The van der Waals surface area contributed by atoms with Crippen molar-refractivity contribution in [2.75, 3.05) is 0 Å². The smallest absolute Gasteiger partial charge is 0.282 e. The number of para-hydroxylation sites is 1. The lowest BCUT2D eigenvalue weighted by Crippen LogP contribution is -2.27. The molecule has 0 unspecified atom stereocenters. The average molecular weight is 339 g/mol. The summed E-state index contributed by atoms with van der Waals surface area (Å²) in [6.45, 7) is 1.74. The van der Waals surface area contributed by atoms with E-state index in [1.807, 2.05) is 0 Å². The van der Waals surface area contributed by atoms with E-state index in [1.165, 1.54) is 18.2 Å². The van der Waals surface area contributed by atoms with E-state index in [-0.39, 0.29) is 11.3 Å². The lowest BCUT2D eigenvalue weighted by Gasteiger charge is -2.16. The zero-order valence-corrected chi connectivity index (χ0v) is 13.1. The Kier molecular flexibility index (Phi) is 5.00. The van der Waals surface area contributed by atoms with Crippen LogP contribution >= 0.6 is 23.2 Å². The molecular weight excluding hydrogens is 327 g/mol. The molecule has 1 amide bonds. The van der Waals surface area contributed by atoms with Gasteiger partial charge >= 0.3 is 0 Å². The van der Waals surface area contributed by atoms with Crippen LogP contribution in [0.3, 0.4) is 0 Å². The monoisotopic (exact) mass is 338 g/mol. The van der Waals surface area contributed by atoms with Gasteiger partial charge in [0, 0.05) is 16.1 Å². The Morgan fingerprint density at radius 2 is 1.91 bits per heavy atom. The highest BCUT2D eigenvalue weighted by atomic mass is 35.5. The van der Waals surface area contributed by atoms with E-state index in [2.05, 4.69) is 5.32 Å². The van der Waals surface area contributed by atoms with Crippen molar-refractivity contribution < 1.29 is 9.72 Å². The van der Waals surface area contributed by atoms with Gasteiger partial charge in [-0.05, 0) is 30.7 Å². The lowest BCUT2D eigenvalue weighted by atomic mass is 10.1. The molecule has 0 fully saturated rings. The summed E-state index contributed by atoms with van der Waals surface area (Å²) in [4.78, 5) is 22.6. The summed E-state index contributed by atoms with van der Waals surface area (Å²) in [6, 6.07) is 10.3. The molecule has 1 N–H and O–H groups in total. The second-order valence-electron chi connectivity index (χ2n) is 4.64. The van der Waals surface area contributed by atoms with Crippen LogP contribution in [-0.2, 0) is 0 Å². The molecule has 1 atom stereocenters. The molecule has 2 aromatic carbocycles. The Morgan fingerprint density at radius 1 is 1.23 bits per heavy atom. The fourth-order valence-corrected chi connectivity index (χ4v) is 2.60. The van der Waals surface area contributed by atoms with Crippen molar-refractivity contribution in [2.45, 2.75) is 13.0 Å².